The Morgan fingerprint density at radius 3 is 1.97 bits per heavy atom. The number of fused-ring (bicyclic) bond motifs is 2. The highest BCUT2D eigenvalue weighted by Crippen LogP contribution is 2.47. The Morgan fingerprint density at radius 2 is 1.49 bits per heavy atom. The van der Waals surface area contributed by atoms with E-state index in [-0.39, 0.29) is 6.16 Å². The molecule has 0 amide bonds. The van der Waals surface area contributed by atoms with E-state index in [2.05, 4.69) is 22.1 Å². The number of allylic oxidation sites excluding steroid dienone is 3. The van der Waals surface area contributed by atoms with E-state index < -0.39 is 7.60 Å². The average Bonchev–Trinajstić information content (AvgIpc) is 3.52. The van der Waals surface area contributed by atoms with E-state index in [1.54, 1.807) is 32.1 Å². The van der Waals surface area contributed by atoms with Crippen LogP contribution in [0.3, 0.4) is 0 Å². The topological polar surface area (TPSA) is 126 Å². The molecule has 9 heteroatoms. The van der Waals surface area contributed by atoms with Crippen LogP contribution in [0.5, 0.6) is 0 Å². The van der Waals surface area contributed by atoms with Gasteiger partial charge in [-0.3, -0.25) is 14.3 Å². The highest BCUT2D eigenvalue weighted by Gasteiger charge is 2.22. The average molecular weight is 491 g/mol. The fourth-order valence-corrected chi connectivity index (χ4v) is 4.39. The normalized spacial score (nSPS) is 12.5. The van der Waals surface area contributed by atoms with Crippen molar-refractivity contribution >= 4 is 32.1 Å². The van der Waals surface area contributed by atoms with E-state index in [0.29, 0.717) is 18.9 Å². The van der Waals surface area contributed by atoms with Crippen LogP contribution in [0, 0.1) is 22.7 Å². The summed E-state index contributed by atoms with van der Waals surface area (Å²) in [7, 11) is -3.08. The molecule has 0 spiro atoms. The molecule has 0 aliphatic heterocycles. The number of aldehydes is 1. The Hall–Kier alpha value is -3.68. The van der Waals surface area contributed by atoms with Gasteiger partial charge in [-0.25, -0.2) is 4.98 Å². The van der Waals surface area contributed by atoms with E-state index in [1.165, 1.54) is 11.6 Å². The highest BCUT2D eigenvalue weighted by molar-refractivity contribution is 7.54. The van der Waals surface area contributed by atoms with E-state index in [0.717, 1.165) is 41.8 Å². The van der Waals surface area contributed by atoms with Crippen molar-refractivity contribution in [2.45, 2.75) is 26.7 Å². The summed E-state index contributed by atoms with van der Waals surface area (Å²) in [6.07, 6.45) is 13.8. The van der Waals surface area contributed by atoms with Gasteiger partial charge in [-0.05, 0) is 43.2 Å². The number of nitriles is 2. The van der Waals surface area contributed by atoms with Crippen molar-refractivity contribution in [3.8, 4) is 12.1 Å². The van der Waals surface area contributed by atoms with Crippen LogP contribution >= 0.6 is 7.60 Å². The van der Waals surface area contributed by atoms with Crippen molar-refractivity contribution in [3.63, 3.8) is 0 Å². The van der Waals surface area contributed by atoms with Gasteiger partial charge >= 0.3 is 7.60 Å². The lowest BCUT2D eigenvalue weighted by molar-refractivity contribution is 0.111. The molecule has 0 bridgehead atoms. The zero-order valence-corrected chi connectivity index (χ0v) is 20.6. The molecule has 8 nitrogen and oxygen atoms in total. The molecule has 0 N–H and O–H groups in total. The van der Waals surface area contributed by atoms with E-state index in [9.17, 15) is 9.36 Å². The Labute approximate surface area is 205 Å². The number of hydrogen-bond donors (Lipinski definition) is 0. The molecular weight excluding hydrogens is 463 g/mol. The van der Waals surface area contributed by atoms with Gasteiger partial charge in [-0.15, -0.1) is 0 Å². The molecule has 0 atom stereocenters. The molecule has 2 aliphatic rings. The van der Waals surface area contributed by atoms with Gasteiger partial charge in [-0.2, -0.15) is 10.5 Å². The molecule has 0 saturated carbocycles. The minimum atomic E-state index is -3.08. The zero-order valence-electron chi connectivity index (χ0n) is 19.8. The largest absolute Gasteiger partial charge is 0.344 e. The van der Waals surface area contributed by atoms with Gasteiger partial charge in [0, 0.05) is 18.9 Å². The van der Waals surface area contributed by atoms with Gasteiger partial charge in [0.05, 0.1) is 42.4 Å². The predicted octanol–water partition coefficient (Wildman–Crippen LogP) is 5.43. The summed E-state index contributed by atoms with van der Waals surface area (Å²) in [5, 5.41) is 16.6. The lowest BCUT2D eigenvalue weighted by Crippen LogP contribution is -1.98. The summed E-state index contributed by atoms with van der Waals surface area (Å²) in [6.45, 7) is 4.03. The molecule has 0 fully saturated rings. The first-order chi connectivity index (χ1) is 17.0. The minimum Gasteiger partial charge on any atom is -0.308 e. The zero-order chi connectivity index (χ0) is 25.5. The summed E-state index contributed by atoms with van der Waals surface area (Å²) in [5.41, 5.74) is 5.80. The van der Waals surface area contributed by atoms with Crippen molar-refractivity contribution in [3.05, 3.63) is 76.4 Å². The van der Waals surface area contributed by atoms with Crippen molar-refractivity contribution in [2.75, 3.05) is 19.4 Å². The SMILES string of the molecule is CCOP(=O)(CC#N)OCC.N#C/C=C/c1ccc2c(n1)CC=C2.O=Cc1ccc2c(n1)CC=C2. The van der Waals surface area contributed by atoms with Crippen molar-refractivity contribution < 1.29 is 18.4 Å². The molecular formula is C26H27N4O4P. The second kappa shape index (κ2) is 14.6. The molecule has 35 heavy (non-hydrogen) atoms. The second-order valence-electron chi connectivity index (χ2n) is 7.10. The molecule has 0 unspecified atom stereocenters. The lowest BCUT2D eigenvalue weighted by atomic mass is 10.2. The maximum absolute atomic E-state index is 11.3. The number of aromatic nitrogens is 2. The van der Waals surface area contributed by atoms with Crippen LogP contribution in [0.4, 0.5) is 0 Å². The predicted molar refractivity (Wildman–Crippen MR) is 135 cm³/mol. The van der Waals surface area contributed by atoms with Crippen molar-refractivity contribution in [1.29, 1.82) is 10.5 Å². The quantitative estimate of drug-likeness (QED) is 0.286. The minimum absolute atomic E-state index is 0.172. The first-order valence-electron chi connectivity index (χ1n) is 11.1. The van der Waals surface area contributed by atoms with Crippen molar-refractivity contribution in [1.82, 2.24) is 9.97 Å². The van der Waals surface area contributed by atoms with Gasteiger partial charge in [0.15, 0.2) is 6.29 Å². The second-order valence-corrected chi connectivity index (χ2v) is 9.15. The van der Waals surface area contributed by atoms with Crippen LogP contribution in [-0.4, -0.2) is 35.6 Å². The third-order valence-electron chi connectivity index (χ3n) is 4.64. The van der Waals surface area contributed by atoms with E-state index >= 15 is 0 Å². The summed E-state index contributed by atoms with van der Waals surface area (Å²) >= 11 is 0. The molecule has 0 saturated heterocycles. The standard InChI is InChI=1S/C11H8N2.C9H7NO.C6H12NO3P/c12-8-2-4-10-7-6-9-3-1-5-11(9)13-10;11-6-8-5-4-7-2-1-3-9(7)10-8;1-3-9-11(8,6-5-7)10-4-2/h1-4,6-7H,5H2;1-2,4-6H,3H2;3-4,6H2,1-2H3/b4-2+;;. The monoisotopic (exact) mass is 490 g/mol. The fourth-order valence-electron chi connectivity index (χ4n) is 3.17. The number of nitrogens with zero attached hydrogens (tertiary/aromatic N) is 4. The lowest BCUT2D eigenvalue weighted by Gasteiger charge is -2.12. The summed E-state index contributed by atoms with van der Waals surface area (Å²) in [6, 6.07) is 11.3. The molecule has 0 aromatic carbocycles. The highest BCUT2D eigenvalue weighted by atomic mass is 31.2. The molecule has 2 heterocycles. The first kappa shape index (κ1) is 27.6. The first-order valence-corrected chi connectivity index (χ1v) is 12.8. The fraction of sp³-hybridized carbons (Fsp3) is 0.269. The molecule has 180 valence electrons. The third kappa shape index (κ3) is 8.88. The smallest absolute Gasteiger partial charge is 0.308 e. The van der Waals surface area contributed by atoms with Gasteiger partial charge in [-0.1, -0.05) is 36.4 Å². The van der Waals surface area contributed by atoms with E-state index in [4.69, 9.17) is 19.6 Å². The van der Waals surface area contributed by atoms with Gasteiger partial charge in [0.25, 0.3) is 0 Å². The number of hydrogen-bond acceptors (Lipinski definition) is 8. The van der Waals surface area contributed by atoms with Gasteiger partial charge in [0.1, 0.15) is 11.9 Å². The number of rotatable bonds is 7. The van der Waals surface area contributed by atoms with Gasteiger partial charge in [0.2, 0.25) is 0 Å². The molecule has 4 rings (SSSR count). The van der Waals surface area contributed by atoms with Crippen LogP contribution in [0.2, 0.25) is 0 Å². The summed E-state index contributed by atoms with van der Waals surface area (Å²) in [5.74, 6) is 0. The van der Waals surface area contributed by atoms with Crippen LogP contribution in [0.15, 0.2) is 42.5 Å². The maximum atomic E-state index is 11.3. The summed E-state index contributed by atoms with van der Waals surface area (Å²) in [4.78, 5) is 18.9. The Kier molecular flexibility index (Phi) is 11.5. The summed E-state index contributed by atoms with van der Waals surface area (Å²) < 4.78 is 21.0. The van der Waals surface area contributed by atoms with Crippen LogP contribution in [-0.2, 0) is 26.5 Å². The van der Waals surface area contributed by atoms with Crippen molar-refractivity contribution in [2.24, 2.45) is 0 Å². The Morgan fingerprint density at radius 1 is 0.943 bits per heavy atom. The van der Waals surface area contributed by atoms with Crippen LogP contribution in [0.1, 0.15) is 52.5 Å². The van der Waals surface area contributed by atoms with Crippen LogP contribution < -0.4 is 0 Å². The molecule has 2 aliphatic carbocycles. The molecule has 0 radical (unpaired) electrons. The van der Waals surface area contributed by atoms with Crippen LogP contribution in [0.25, 0.3) is 18.2 Å². The van der Waals surface area contributed by atoms with Gasteiger partial charge < -0.3 is 9.05 Å². The molecule has 2 aromatic heterocycles. The number of pyridine rings is 2. The molecule has 2 aromatic rings. The van der Waals surface area contributed by atoms with E-state index in [1.807, 2.05) is 36.4 Å². The number of carbonyl (C=O) groups is 1. The Bertz CT molecular complexity index is 1230. The maximum Gasteiger partial charge on any atom is 0.344 e. The Balaban J connectivity index is 0.000000186. The number of carbonyl (C=O) groups excluding carboxylic acids is 1. The third-order valence-corrected chi connectivity index (χ3v) is 6.48.